The normalized spacial score (nSPS) is 48.5. The molecule has 0 amide bonds. The van der Waals surface area contributed by atoms with Crippen LogP contribution >= 0.6 is 11.8 Å². The second-order valence-corrected chi connectivity index (χ2v) is 9.61. The van der Waals surface area contributed by atoms with Crippen molar-refractivity contribution in [3.05, 3.63) is 23.8 Å². The van der Waals surface area contributed by atoms with Gasteiger partial charge in [0.05, 0.1) is 0 Å². The zero-order valence-electron chi connectivity index (χ0n) is 14.2. The van der Waals surface area contributed by atoms with Crippen molar-refractivity contribution in [3.8, 4) is 0 Å². The summed E-state index contributed by atoms with van der Waals surface area (Å²) in [7, 11) is 0. The van der Waals surface area contributed by atoms with E-state index in [-0.39, 0.29) is 17.2 Å². The fourth-order valence-corrected chi connectivity index (χ4v) is 7.63. The van der Waals surface area contributed by atoms with Crippen LogP contribution in [0.3, 0.4) is 0 Å². The number of hydrogen-bond acceptors (Lipinski definition) is 2. The van der Waals surface area contributed by atoms with Crippen LogP contribution in [0, 0.1) is 28.6 Å². The molecule has 0 aromatic heterocycles. The lowest BCUT2D eigenvalue weighted by molar-refractivity contribution is -0.111. The number of ketones is 1. The van der Waals surface area contributed by atoms with Gasteiger partial charge in [-0.15, -0.1) is 11.8 Å². The van der Waals surface area contributed by atoms with Crippen molar-refractivity contribution in [2.45, 2.75) is 57.6 Å². The molecule has 0 spiro atoms. The van der Waals surface area contributed by atoms with E-state index in [0.717, 1.165) is 18.3 Å². The third kappa shape index (κ3) is 2.22. The van der Waals surface area contributed by atoms with Crippen LogP contribution in [0.4, 0.5) is 4.39 Å². The minimum absolute atomic E-state index is 0.0868. The van der Waals surface area contributed by atoms with Crippen molar-refractivity contribution in [1.82, 2.24) is 0 Å². The number of alkyl halides is 1. The predicted octanol–water partition coefficient (Wildman–Crippen LogP) is 5.32. The van der Waals surface area contributed by atoms with Gasteiger partial charge in [0.25, 0.3) is 0 Å². The van der Waals surface area contributed by atoms with Gasteiger partial charge in [-0.3, -0.25) is 4.79 Å². The zero-order valence-corrected chi connectivity index (χ0v) is 15.0. The molecule has 1 nitrogen and oxygen atoms in total. The summed E-state index contributed by atoms with van der Waals surface area (Å²) >= 11 is 1.55. The third-order valence-corrected chi connectivity index (χ3v) is 9.04. The highest BCUT2D eigenvalue weighted by molar-refractivity contribution is 7.99. The van der Waals surface area contributed by atoms with Crippen LogP contribution in [0.25, 0.3) is 0 Å². The minimum atomic E-state index is -0.240. The van der Waals surface area contributed by atoms with E-state index in [9.17, 15) is 9.18 Å². The zero-order chi connectivity index (χ0) is 16.2. The number of allylic oxidation sites excluding steroid dienone is 4. The van der Waals surface area contributed by atoms with Gasteiger partial charge in [-0.25, -0.2) is 4.39 Å². The molecule has 23 heavy (non-hydrogen) atoms. The highest BCUT2D eigenvalue weighted by Gasteiger charge is 2.58. The largest absolute Gasteiger partial charge is 0.290 e. The first-order valence-corrected chi connectivity index (χ1v) is 10.2. The first-order chi connectivity index (χ1) is 11.0. The summed E-state index contributed by atoms with van der Waals surface area (Å²) in [5.41, 5.74) is 1.77. The van der Waals surface area contributed by atoms with Gasteiger partial charge in [0, 0.05) is 10.7 Å². The van der Waals surface area contributed by atoms with Crippen LogP contribution in [0.1, 0.15) is 52.4 Å². The number of hydrogen-bond donors (Lipinski definition) is 0. The van der Waals surface area contributed by atoms with Crippen molar-refractivity contribution < 1.29 is 9.18 Å². The second kappa shape index (κ2) is 5.47. The number of halogens is 1. The molecule has 0 unspecified atom stereocenters. The smallest absolute Gasteiger partial charge is 0.178 e. The van der Waals surface area contributed by atoms with E-state index >= 15 is 0 Å². The molecule has 0 aromatic rings. The Balaban J connectivity index is 1.64. The summed E-state index contributed by atoms with van der Waals surface area (Å²) in [6.07, 6.45) is 13.1. The quantitative estimate of drug-likeness (QED) is 0.679. The van der Waals surface area contributed by atoms with Gasteiger partial charge in [0.15, 0.2) is 5.78 Å². The Hall–Kier alpha value is -0.570. The van der Waals surface area contributed by atoms with Crippen LogP contribution in [-0.2, 0) is 4.79 Å². The number of rotatable bonds is 2. The van der Waals surface area contributed by atoms with E-state index < -0.39 is 0 Å². The SMILES string of the molecule is C[C@]12CC[C@H]3[C@@H](CCC4=CC(=O)C=C[C@@]43C)[C@@H]1CC[C@@H]2SCF. The van der Waals surface area contributed by atoms with E-state index in [0.29, 0.717) is 16.6 Å². The van der Waals surface area contributed by atoms with Crippen LogP contribution in [0.2, 0.25) is 0 Å². The fourth-order valence-electron chi connectivity index (χ4n) is 6.50. The molecule has 0 heterocycles. The Morgan fingerprint density at radius 1 is 1.22 bits per heavy atom. The molecule has 4 aliphatic rings. The fraction of sp³-hybridized carbons (Fsp3) is 0.750. The van der Waals surface area contributed by atoms with Crippen molar-refractivity contribution in [2.75, 3.05) is 6.01 Å². The molecule has 4 aliphatic carbocycles. The molecule has 0 aliphatic heterocycles. The second-order valence-electron chi connectivity index (χ2n) is 8.49. The molecule has 0 aromatic carbocycles. The van der Waals surface area contributed by atoms with Crippen LogP contribution in [0.5, 0.6) is 0 Å². The summed E-state index contributed by atoms with van der Waals surface area (Å²) in [4.78, 5) is 11.8. The predicted molar refractivity (Wildman–Crippen MR) is 94.0 cm³/mol. The highest BCUT2D eigenvalue weighted by Crippen LogP contribution is 2.66. The van der Waals surface area contributed by atoms with Crippen LogP contribution in [0.15, 0.2) is 23.8 Å². The third-order valence-electron chi connectivity index (χ3n) is 7.73. The lowest BCUT2D eigenvalue weighted by atomic mass is 9.48. The highest BCUT2D eigenvalue weighted by atomic mass is 32.2. The van der Waals surface area contributed by atoms with Gasteiger partial charge in [-0.05, 0) is 73.8 Å². The van der Waals surface area contributed by atoms with Gasteiger partial charge in [0.1, 0.15) is 6.01 Å². The van der Waals surface area contributed by atoms with Gasteiger partial charge in [0.2, 0.25) is 0 Å². The lowest BCUT2D eigenvalue weighted by Crippen LogP contribution is -2.50. The maximum Gasteiger partial charge on any atom is 0.178 e. The molecule has 0 radical (unpaired) electrons. The Morgan fingerprint density at radius 2 is 2.04 bits per heavy atom. The molecule has 0 N–H and O–H groups in total. The van der Waals surface area contributed by atoms with Crippen LogP contribution in [-0.4, -0.2) is 17.0 Å². The Bertz CT molecular complexity index is 582. The molecule has 4 rings (SSSR count). The Labute approximate surface area is 143 Å². The summed E-state index contributed by atoms with van der Waals surface area (Å²) in [6, 6.07) is -0.240. The average Bonchev–Trinajstić information content (AvgIpc) is 2.85. The van der Waals surface area contributed by atoms with E-state index in [1.807, 2.05) is 6.08 Å². The first-order valence-electron chi connectivity index (χ1n) is 9.11. The van der Waals surface area contributed by atoms with Crippen LogP contribution < -0.4 is 0 Å². The van der Waals surface area contributed by atoms with Crippen molar-refractivity contribution in [3.63, 3.8) is 0 Å². The summed E-state index contributed by atoms with van der Waals surface area (Å²) in [6.45, 7) is 4.78. The lowest BCUT2D eigenvalue weighted by Gasteiger charge is -2.57. The molecule has 3 heteroatoms. The van der Waals surface area contributed by atoms with Crippen molar-refractivity contribution >= 4 is 17.5 Å². The monoisotopic (exact) mass is 334 g/mol. The van der Waals surface area contributed by atoms with Gasteiger partial charge >= 0.3 is 0 Å². The molecule has 3 saturated carbocycles. The van der Waals surface area contributed by atoms with E-state index in [2.05, 4.69) is 19.9 Å². The first kappa shape index (κ1) is 15.9. The van der Waals surface area contributed by atoms with Crippen molar-refractivity contribution in [1.29, 1.82) is 0 Å². The maximum atomic E-state index is 12.9. The number of thioether (sulfide) groups is 1. The standard InChI is InChI=1S/C20H27FOS/c1-19-9-7-14(22)11-13(19)3-4-15-16-5-6-18(23-12-21)20(16,2)10-8-17(15)19/h7,9,11,15-18H,3-6,8,10,12H2,1-2H3/t15-,16-,17-,18-,19-,20-/m0/s1. The summed E-state index contributed by atoms with van der Waals surface area (Å²) in [5, 5.41) is 0.506. The van der Waals surface area contributed by atoms with E-state index in [1.54, 1.807) is 17.8 Å². The van der Waals surface area contributed by atoms with E-state index in [1.165, 1.54) is 37.7 Å². The number of fused-ring (bicyclic) bond motifs is 5. The van der Waals surface area contributed by atoms with Gasteiger partial charge in [-0.1, -0.05) is 25.5 Å². The molecule has 6 atom stereocenters. The molecule has 126 valence electrons. The Kier molecular flexibility index (Phi) is 3.79. The molecular formula is C20H27FOS. The van der Waals surface area contributed by atoms with E-state index in [4.69, 9.17) is 0 Å². The summed E-state index contributed by atoms with van der Waals surface area (Å²) < 4.78 is 12.9. The maximum absolute atomic E-state index is 12.9. The number of carbonyl (C=O) groups is 1. The molecule has 3 fully saturated rings. The number of carbonyl (C=O) groups excluding carboxylic acids is 1. The van der Waals surface area contributed by atoms with Gasteiger partial charge in [-0.2, -0.15) is 0 Å². The summed E-state index contributed by atoms with van der Waals surface area (Å²) in [5.74, 6) is 2.32. The Morgan fingerprint density at radius 3 is 2.83 bits per heavy atom. The molecule has 0 saturated heterocycles. The minimum Gasteiger partial charge on any atom is -0.290 e. The average molecular weight is 335 g/mol. The molecule has 0 bridgehead atoms. The topological polar surface area (TPSA) is 17.1 Å². The van der Waals surface area contributed by atoms with Gasteiger partial charge < -0.3 is 0 Å². The molecular weight excluding hydrogens is 307 g/mol. The van der Waals surface area contributed by atoms with Crippen molar-refractivity contribution in [2.24, 2.45) is 28.6 Å².